The van der Waals surface area contributed by atoms with Crippen LogP contribution in [0.4, 0.5) is 10.5 Å². The van der Waals surface area contributed by atoms with Gasteiger partial charge in [0.1, 0.15) is 12.4 Å². The Balaban J connectivity index is 1.83. The van der Waals surface area contributed by atoms with Gasteiger partial charge in [-0.1, -0.05) is 50.2 Å². The lowest BCUT2D eigenvalue weighted by molar-refractivity contribution is 0.247. The van der Waals surface area contributed by atoms with E-state index in [0.29, 0.717) is 13.2 Å². The van der Waals surface area contributed by atoms with Crippen LogP contribution in [0.3, 0.4) is 0 Å². The second-order valence-corrected chi connectivity index (χ2v) is 5.20. The number of carbonyl (C=O) groups is 1. The zero-order chi connectivity index (χ0) is 16.5. The number of carbonyl (C=O) groups excluding carboxylic acids is 1. The molecule has 0 heterocycles. The quantitative estimate of drug-likeness (QED) is 0.759. The van der Waals surface area contributed by atoms with Gasteiger partial charge in [-0.05, 0) is 36.1 Å². The molecule has 0 fully saturated rings. The van der Waals surface area contributed by atoms with Crippen molar-refractivity contribution in [1.82, 2.24) is 5.32 Å². The number of ether oxygens (including phenoxy) is 1. The Hall–Kier alpha value is -2.49. The zero-order valence-corrected chi connectivity index (χ0v) is 13.8. The van der Waals surface area contributed by atoms with Crippen LogP contribution in [0, 0.1) is 0 Å². The molecule has 0 aliphatic carbocycles. The van der Waals surface area contributed by atoms with E-state index in [-0.39, 0.29) is 6.03 Å². The Morgan fingerprint density at radius 2 is 1.61 bits per heavy atom. The van der Waals surface area contributed by atoms with Crippen LogP contribution in [0.5, 0.6) is 5.75 Å². The number of urea groups is 1. The van der Waals surface area contributed by atoms with Crippen LogP contribution >= 0.6 is 0 Å². The third kappa shape index (κ3) is 5.02. The van der Waals surface area contributed by atoms with Gasteiger partial charge >= 0.3 is 6.03 Å². The first-order valence-corrected chi connectivity index (χ1v) is 8.08. The number of anilines is 1. The number of para-hydroxylation sites is 2. The molecule has 2 rings (SSSR count). The van der Waals surface area contributed by atoms with Crippen molar-refractivity contribution in [2.75, 3.05) is 18.5 Å². The van der Waals surface area contributed by atoms with Crippen LogP contribution < -0.4 is 15.4 Å². The van der Waals surface area contributed by atoms with Gasteiger partial charge in [-0.25, -0.2) is 4.79 Å². The first-order valence-electron chi connectivity index (χ1n) is 8.08. The summed E-state index contributed by atoms with van der Waals surface area (Å²) in [6, 6.07) is 15.5. The van der Waals surface area contributed by atoms with Gasteiger partial charge in [-0.3, -0.25) is 0 Å². The van der Waals surface area contributed by atoms with Crippen molar-refractivity contribution in [3.05, 3.63) is 59.7 Å². The highest BCUT2D eigenvalue weighted by molar-refractivity contribution is 5.91. The summed E-state index contributed by atoms with van der Waals surface area (Å²) in [6.07, 6.45) is 1.78. The van der Waals surface area contributed by atoms with Gasteiger partial charge in [0.25, 0.3) is 0 Å². The molecule has 0 spiro atoms. The van der Waals surface area contributed by atoms with Gasteiger partial charge in [-0.15, -0.1) is 0 Å². The molecule has 0 aromatic heterocycles. The molecule has 0 atom stereocenters. The van der Waals surface area contributed by atoms with E-state index < -0.39 is 0 Å². The second-order valence-electron chi connectivity index (χ2n) is 5.20. The van der Waals surface area contributed by atoms with E-state index in [4.69, 9.17) is 4.74 Å². The molecule has 0 saturated carbocycles. The molecule has 0 unspecified atom stereocenters. The van der Waals surface area contributed by atoms with Crippen molar-refractivity contribution in [2.24, 2.45) is 0 Å². The molecule has 0 aliphatic rings. The lowest BCUT2D eigenvalue weighted by atomic mass is 10.0. The van der Waals surface area contributed by atoms with Crippen LogP contribution in [-0.4, -0.2) is 19.2 Å². The third-order valence-corrected chi connectivity index (χ3v) is 3.64. The number of amides is 2. The van der Waals surface area contributed by atoms with Gasteiger partial charge in [0.15, 0.2) is 0 Å². The maximum Gasteiger partial charge on any atom is 0.319 e. The van der Waals surface area contributed by atoms with E-state index in [1.54, 1.807) is 0 Å². The van der Waals surface area contributed by atoms with E-state index in [2.05, 4.69) is 24.5 Å². The molecule has 23 heavy (non-hydrogen) atoms. The third-order valence-electron chi connectivity index (χ3n) is 3.64. The fraction of sp³-hybridized carbons (Fsp3) is 0.316. The van der Waals surface area contributed by atoms with E-state index in [0.717, 1.165) is 35.4 Å². The SMILES string of the molecule is CCc1cccc(CC)c1NC(=O)NCCOc1ccccc1. The summed E-state index contributed by atoms with van der Waals surface area (Å²) in [4.78, 5) is 12.1. The summed E-state index contributed by atoms with van der Waals surface area (Å²) >= 11 is 0. The molecular formula is C19H24N2O2. The molecule has 122 valence electrons. The second kappa shape index (κ2) is 8.83. The Labute approximate surface area is 137 Å². The van der Waals surface area contributed by atoms with E-state index in [9.17, 15) is 4.79 Å². The van der Waals surface area contributed by atoms with Crippen LogP contribution in [0.1, 0.15) is 25.0 Å². The first-order chi connectivity index (χ1) is 11.2. The van der Waals surface area contributed by atoms with Crippen molar-refractivity contribution >= 4 is 11.7 Å². The first kappa shape index (κ1) is 16.9. The normalized spacial score (nSPS) is 10.2. The molecule has 2 aromatic rings. The minimum Gasteiger partial charge on any atom is -0.492 e. The Morgan fingerprint density at radius 3 is 2.22 bits per heavy atom. The van der Waals surface area contributed by atoms with Crippen molar-refractivity contribution in [3.8, 4) is 5.75 Å². The molecule has 2 aromatic carbocycles. The summed E-state index contributed by atoms with van der Waals surface area (Å²) in [7, 11) is 0. The predicted octanol–water partition coefficient (Wildman–Crippen LogP) is 4.01. The molecule has 0 bridgehead atoms. The highest BCUT2D eigenvalue weighted by atomic mass is 16.5. The summed E-state index contributed by atoms with van der Waals surface area (Å²) < 4.78 is 5.55. The molecule has 0 saturated heterocycles. The highest BCUT2D eigenvalue weighted by Gasteiger charge is 2.09. The van der Waals surface area contributed by atoms with Crippen molar-refractivity contribution in [3.63, 3.8) is 0 Å². The van der Waals surface area contributed by atoms with Crippen LogP contribution in [0.15, 0.2) is 48.5 Å². The fourth-order valence-corrected chi connectivity index (χ4v) is 2.41. The molecule has 4 heteroatoms. The van der Waals surface area contributed by atoms with Crippen LogP contribution in [0.2, 0.25) is 0 Å². The fourth-order valence-electron chi connectivity index (χ4n) is 2.41. The molecule has 4 nitrogen and oxygen atoms in total. The highest BCUT2D eigenvalue weighted by Crippen LogP contribution is 2.22. The van der Waals surface area contributed by atoms with E-state index in [1.165, 1.54) is 0 Å². The summed E-state index contributed by atoms with van der Waals surface area (Å²) in [5.74, 6) is 0.805. The summed E-state index contributed by atoms with van der Waals surface area (Å²) in [5, 5.41) is 5.80. The maximum atomic E-state index is 12.1. The van der Waals surface area contributed by atoms with Gasteiger partial charge in [-0.2, -0.15) is 0 Å². The maximum absolute atomic E-state index is 12.1. The monoisotopic (exact) mass is 312 g/mol. The zero-order valence-electron chi connectivity index (χ0n) is 13.8. The Kier molecular flexibility index (Phi) is 6.48. The number of hydrogen-bond acceptors (Lipinski definition) is 2. The average molecular weight is 312 g/mol. The van der Waals surface area contributed by atoms with Gasteiger partial charge < -0.3 is 15.4 Å². The number of nitrogens with one attached hydrogen (secondary N) is 2. The summed E-state index contributed by atoms with van der Waals surface area (Å²) in [5.41, 5.74) is 3.24. The minimum absolute atomic E-state index is 0.197. The summed E-state index contributed by atoms with van der Waals surface area (Å²) in [6.45, 7) is 5.07. The van der Waals surface area contributed by atoms with Gasteiger partial charge in [0.2, 0.25) is 0 Å². The standard InChI is InChI=1S/C19H24N2O2/c1-3-15-9-8-10-16(4-2)18(15)21-19(22)20-13-14-23-17-11-6-5-7-12-17/h5-12H,3-4,13-14H2,1-2H3,(H2,20,21,22). The van der Waals surface area contributed by atoms with Crippen LogP contribution in [-0.2, 0) is 12.8 Å². The number of benzene rings is 2. The molecule has 2 amide bonds. The van der Waals surface area contributed by atoms with Crippen LogP contribution in [0.25, 0.3) is 0 Å². The van der Waals surface area contributed by atoms with Crippen molar-refractivity contribution in [1.29, 1.82) is 0 Å². The van der Waals surface area contributed by atoms with E-state index in [1.807, 2.05) is 48.5 Å². The lowest BCUT2D eigenvalue weighted by Gasteiger charge is -2.15. The lowest BCUT2D eigenvalue weighted by Crippen LogP contribution is -2.32. The average Bonchev–Trinajstić information content (AvgIpc) is 2.60. The number of hydrogen-bond donors (Lipinski definition) is 2. The van der Waals surface area contributed by atoms with Gasteiger partial charge in [0.05, 0.1) is 6.54 Å². The van der Waals surface area contributed by atoms with E-state index >= 15 is 0 Å². The Morgan fingerprint density at radius 1 is 0.957 bits per heavy atom. The smallest absolute Gasteiger partial charge is 0.319 e. The number of rotatable bonds is 7. The minimum atomic E-state index is -0.197. The predicted molar refractivity (Wildman–Crippen MR) is 94.2 cm³/mol. The molecule has 0 radical (unpaired) electrons. The molecular weight excluding hydrogens is 288 g/mol. The Bertz CT molecular complexity index is 604. The van der Waals surface area contributed by atoms with Crippen molar-refractivity contribution < 1.29 is 9.53 Å². The molecule has 2 N–H and O–H groups in total. The van der Waals surface area contributed by atoms with Crippen molar-refractivity contribution in [2.45, 2.75) is 26.7 Å². The van der Waals surface area contributed by atoms with Gasteiger partial charge in [0, 0.05) is 5.69 Å². The number of aryl methyl sites for hydroxylation is 2. The largest absolute Gasteiger partial charge is 0.492 e. The molecule has 0 aliphatic heterocycles. The topological polar surface area (TPSA) is 50.4 Å².